The number of nitrogens with zero attached hydrogens (tertiary/aromatic N) is 2. The molecule has 0 spiro atoms. The van der Waals surface area contributed by atoms with E-state index >= 15 is 0 Å². The van der Waals surface area contributed by atoms with Gasteiger partial charge in [0.15, 0.2) is 0 Å². The number of rotatable bonds is 4. The molecule has 0 fully saturated rings. The third-order valence-corrected chi connectivity index (χ3v) is 4.44. The maximum absolute atomic E-state index is 10.2. The molecule has 1 N–H and O–H groups in total. The zero-order chi connectivity index (χ0) is 18.6. The van der Waals surface area contributed by atoms with Gasteiger partial charge in [0.25, 0.3) is 0 Å². The number of phenolic OH excluding ortho intramolecular Hbond substituents is 1. The Hall–Kier alpha value is -3.30. The van der Waals surface area contributed by atoms with E-state index in [2.05, 4.69) is 9.88 Å². The number of hydrogen-bond acceptors (Lipinski definition) is 3. The summed E-state index contributed by atoms with van der Waals surface area (Å²) in [5.41, 5.74) is 4.14. The van der Waals surface area contributed by atoms with Gasteiger partial charge in [-0.1, -0.05) is 60.1 Å². The van der Waals surface area contributed by atoms with Crippen LogP contribution < -0.4 is 4.90 Å². The molecule has 132 valence electrons. The molecule has 0 aliphatic heterocycles. The monoisotopic (exact) mass is 372 g/mol. The minimum Gasteiger partial charge on any atom is -0.507 e. The maximum Gasteiger partial charge on any atom is 0.131 e. The van der Waals surface area contributed by atoms with Crippen LogP contribution in [0.3, 0.4) is 0 Å². The van der Waals surface area contributed by atoms with E-state index in [9.17, 15) is 5.11 Å². The SMILES string of the molecule is Oc1ccccc1-c1cc(N(c2ccccc2)c2ccccc2)cc(Cl)n1. The molecule has 0 radical (unpaired) electrons. The van der Waals surface area contributed by atoms with E-state index in [0.29, 0.717) is 16.4 Å². The van der Waals surface area contributed by atoms with E-state index < -0.39 is 0 Å². The van der Waals surface area contributed by atoms with Gasteiger partial charge in [0.05, 0.1) is 11.4 Å². The van der Waals surface area contributed by atoms with Crippen molar-refractivity contribution in [3.8, 4) is 17.0 Å². The van der Waals surface area contributed by atoms with Gasteiger partial charge in [0.1, 0.15) is 10.9 Å². The van der Waals surface area contributed by atoms with Crippen LogP contribution in [0.2, 0.25) is 5.15 Å². The van der Waals surface area contributed by atoms with Gasteiger partial charge in [0.2, 0.25) is 0 Å². The molecule has 3 nitrogen and oxygen atoms in total. The second-order valence-electron chi connectivity index (χ2n) is 6.06. The minimum absolute atomic E-state index is 0.171. The second-order valence-corrected chi connectivity index (χ2v) is 6.44. The summed E-state index contributed by atoms with van der Waals surface area (Å²) in [5, 5.41) is 10.6. The molecule has 0 saturated carbocycles. The van der Waals surface area contributed by atoms with E-state index in [-0.39, 0.29) is 5.75 Å². The summed E-state index contributed by atoms with van der Waals surface area (Å²) in [7, 11) is 0. The Labute approximate surface area is 163 Å². The lowest BCUT2D eigenvalue weighted by Crippen LogP contribution is -2.10. The molecule has 4 rings (SSSR count). The van der Waals surface area contributed by atoms with Crippen LogP contribution in [0, 0.1) is 0 Å². The number of aromatic hydroxyl groups is 1. The molecule has 0 aliphatic rings. The molecule has 0 saturated heterocycles. The summed E-state index contributed by atoms with van der Waals surface area (Å²) >= 11 is 6.35. The predicted octanol–water partition coefficient (Wildman–Crippen LogP) is 6.58. The highest BCUT2D eigenvalue weighted by molar-refractivity contribution is 6.29. The van der Waals surface area contributed by atoms with Crippen molar-refractivity contribution in [1.82, 2.24) is 4.98 Å². The van der Waals surface area contributed by atoms with Crippen molar-refractivity contribution in [1.29, 1.82) is 0 Å². The van der Waals surface area contributed by atoms with E-state index in [0.717, 1.165) is 17.1 Å². The van der Waals surface area contributed by atoms with Crippen molar-refractivity contribution >= 4 is 28.7 Å². The number of phenols is 1. The fraction of sp³-hybridized carbons (Fsp3) is 0. The van der Waals surface area contributed by atoms with Crippen LogP contribution in [0.5, 0.6) is 5.75 Å². The maximum atomic E-state index is 10.2. The Kier molecular flexibility index (Phi) is 4.77. The van der Waals surface area contributed by atoms with Gasteiger partial charge in [-0.05, 0) is 48.5 Å². The van der Waals surface area contributed by atoms with Crippen LogP contribution in [-0.4, -0.2) is 10.1 Å². The predicted molar refractivity (Wildman–Crippen MR) is 111 cm³/mol. The first kappa shape index (κ1) is 17.1. The van der Waals surface area contributed by atoms with Crippen molar-refractivity contribution in [2.24, 2.45) is 0 Å². The standard InChI is InChI=1S/C23H17ClN2O/c24-23-16-19(15-21(25-23)20-13-7-8-14-22(20)27)26(17-9-3-1-4-10-17)18-11-5-2-6-12-18/h1-16,27H. The van der Waals surface area contributed by atoms with E-state index in [4.69, 9.17) is 11.6 Å². The zero-order valence-electron chi connectivity index (χ0n) is 14.5. The molecule has 3 aromatic carbocycles. The number of para-hydroxylation sites is 3. The van der Waals surface area contributed by atoms with Crippen molar-refractivity contribution in [3.05, 3.63) is 102 Å². The number of aromatic nitrogens is 1. The average Bonchev–Trinajstić information content (AvgIpc) is 2.70. The highest BCUT2D eigenvalue weighted by atomic mass is 35.5. The van der Waals surface area contributed by atoms with Gasteiger partial charge in [-0.25, -0.2) is 4.98 Å². The first-order valence-electron chi connectivity index (χ1n) is 8.58. The number of pyridine rings is 1. The highest BCUT2D eigenvalue weighted by Crippen LogP contribution is 2.38. The molecule has 4 heteroatoms. The van der Waals surface area contributed by atoms with Gasteiger partial charge in [0, 0.05) is 16.9 Å². The van der Waals surface area contributed by atoms with E-state index in [1.165, 1.54) is 0 Å². The molecular weight excluding hydrogens is 356 g/mol. The summed E-state index contributed by atoms with van der Waals surface area (Å²) in [6.45, 7) is 0. The van der Waals surface area contributed by atoms with Crippen molar-refractivity contribution in [3.63, 3.8) is 0 Å². The van der Waals surface area contributed by atoms with Crippen LogP contribution in [0.25, 0.3) is 11.3 Å². The van der Waals surface area contributed by atoms with Crippen molar-refractivity contribution in [2.75, 3.05) is 4.90 Å². The molecule has 1 heterocycles. The fourth-order valence-corrected chi connectivity index (χ4v) is 3.24. The summed E-state index contributed by atoms with van der Waals surface area (Å²) < 4.78 is 0. The van der Waals surface area contributed by atoms with Gasteiger partial charge < -0.3 is 10.0 Å². The molecular formula is C23H17ClN2O. The average molecular weight is 373 g/mol. The molecule has 1 aromatic heterocycles. The Balaban J connectivity index is 1.90. The van der Waals surface area contributed by atoms with Crippen LogP contribution in [0.1, 0.15) is 0 Å². The van der Waals surface area contributed by atoms with Crippen molar-refractivity contribution in [2.45, 2.75) is 0 Å². The van der Waals surface area contributed by atoms with Crippen LogP contribution in [-0.2, 0) is 0 Å². The zero-order valence-corrected chi connectivity index (χ0v) is 15.2. The Morgan fingerprint density at radius 1 is 0.667 bits per heavy atom. The summed E-state index contributed by atoms with van der Waals surface area (Å²) in [5.74, 6) is 0.171. The quantitative estimate of drug-likeness (QED) is 0.411. The molecule has 27 heavy (non-hydrogen) atoms. The number of benzene rings is 3. The minimum atomic E-state index is 0.171. The van der Waals surface area contributed by atoms with Crippen LogP contribution in [0.4, 0.5) is 17.1 Å². The normalized spacial score (nSPS) is 10.6. The molecule has 0 bridgehead atoms. The Bertz CT molecular complexity index is 1010. The molecule has 0 aliphatic carbocycles. The van der Waals surface area contributed by atoms with Crippen LogP contribution >= 0.6 is 11.6 Å². The highest BCUT2D eigenvalue weighted by Gasteiger charge is 2.15. The number of halogens is 1. The third-order valence-electron chi connectivity index (χ3n) is 4.25. The summed E-state index contributed by atoms with van der Waals surface area (Å²) in [6, 6.07) is 31.0. The lowest BCUT2D eigenvalue weighted by atomic mass is 10.1. The van der Waals surface area contributed by atoms with E-state index in [1.807, 2.05) is 84.9 Å². The third kappa shape index (κ3) is 3.64. The van der Waals surface area contributed by atoms with Gasteiger partial charge in [-0.3, -0.25) is 0 Å². The smallest absolute Gasteiger partial charge is 0.131 e. The Morgan fingerprint density at radius 2 is 1.22 bits per heavy atom. The summed E-state index contributed by atoms with van der Waals surface area (Å²) in [6.07, 6.45) is 0. The second kappa shape index (κ2) is 7.52. The van der Waals surface area contributed by atoms with Gasteiger partial charge >= 0.3 is 0 Å². The van der Waals surface area contributed by atoms with Gasteiger partial charge in [-0.2, -0.15) is 0 Å². The Morgan fingerprint density at radius 3 is 1.81 bits per heavy atom. The van der Waals surface area contributed by atoms with E-state index in [1.54, 1.807) is 12.1 Å². The molecule has 0 unspecified atom stereocenters. The number of anilines is 3. The molecule has 4 aromatic rings. The largest absolute Gasteiger partial charge is 0.507 e. The van der Waals surface area contributed by atoms with Crippen molar-refractivity contribution < 1.29 is 5.11 Å². The van der Waals surface area contributed by atoms with Gasteiger partial charge in [-0.15, -0.1) is 0 Å². The fourth-order valence-electron chi connectivity index (χ4n) is 3.04. The number of hydrogen-bond donors (Lipinski definition) is 1. The summed E-state index contributed by atoms with van der Waals surface area (Å²) in [4.78, 5) is 6.52. The first-order chi connectivity index (χ1) is 13.2. The molecule has 0 atom stereocenters. The lowest BCUT2D eigenvalue weighted by molar-refractivity contribution is 0.477. The topological polar surface area (TPSA) is 36.4 Å². The van der Waals surface area contributed by atoms with Crippen LogP contribution in [0.15, 0.2) is 97.1 Å². The molecule has 0 amide bonds. The lowest BCUT2D eigenvalue weighted by Gasteiger charge is -2.26. The first-order valence-corrected chi connectivity index (χ1v) is 8.96.